The van der Waals surface area contributed by atoms with Crippen molar-refractivity contribution in [1.29, 1.82) is 0 Å². The first-order chi connectivity index (χ1) is 22.6. The predicted molar refractivity (Wildman–Crippen MR) is 176 cm³/mol. The summed E-state index contributed by atoms with van der Waals surface area (Å²) in [5.41, 5.74) is 8.74. The Hall–Kier alpha value is -4.74. The minimum atomic E-state index is -4.20. The largest absolute Gasteiger partial charge is 0.453 e. The molecule has 2 N–H and O–H groups in total. The van der Waals surface area contributed by atoms with Crippen LogP contribution in [-0.4, -0.2) is 63.1 Å². The summed E-state index contributed by atoms with van der Waals surface area (Å²) in [5.74, 6) is -0.650. The predicted octanol–water partition coefficient (Wildman–Crippen LogP) is 7.32. The molecule has 14 nitrogen and oxygen atoms in total. The third-order valence-corrected chi connectivity index (χ3v) is 7.88. The van der Waals surface area contributed by atoms with E-state index in [1.54, 1.807) is 106 Å². The Morgan fingerprint density at radius 3 is 1.91 bits per heavy atom. The van der Waals surface area contributed by atoms with Crippen LogP contribution in [0.2, 0.25) is 0 Å². The van der Waals surface area contributed by atoms with Gasteiger partial charge in [-0.05, 0) is 68.3 Å². The minimum Gasteiger partial charge on any atom is -0.447 e. The quantitative estimate of drug-likeness (QED) is 0.0461. The molecular weight excluding hydrogens is 629 g/mol. The fourth-order valence-electron chi connectivity index (χ4n) is 3.86. The average Bonchev–Trinajstić information content (AvgIpc) is 3.02. The fourth-order valence-corrected chi connectivity index (χ4v) is 5.68. The van der Waals surface area contributed by atoms with Crippen LogP contribution in [0.3, 0.4) is 0 Å². The summed E-state index contributed by atoms with van der Waals surface area (Å²) in [5, 5.41) is 8.70. The fraction of sp³-hybridized carbons (Fsp3) is 0.375. The maximum absolute atomic E-state index is 14.6. The number of benzene rings is 3. The molecule has 252 valence electrons. The van der Waals surface area contributed by atoms with E-state index in [1.165, 1.54) is 0 Å². The molecule has 0 radical (unpaired) electrons. The SMILES string of the molecule is CC(C)(C)OC(=O)Nc1ccc(CC(NC(=O)OCCOCCOCCN=[N+]=[N-])P(=O)(Oc2ccccc2)Oc2ccccc2)cc1. The number of anilines is 1. The highest BCUT2D eigenvalue weighted by Crippen LogP contribution is 2.53. The number of para-hydroxylation sites is 2. The number of alkyl carbamates (subject to hydrolysis) is 1. The Balaban J connectivity index is 1.73. The standard InChI is InChI=1S/C32H40N5O9P/c1-32(2,3)44-31(39)35-26-16-14-25(15-17-26)24-29(36-30(38)43-23-22-42-21-20-41-19-18-34-37-33)47(40,45-27-10-6-4-7-11-27)46-28-12-8-5-9-13-28/h4-17,29H,18-24H2,1-3H3,(H,35,39)(H,36,38). The first kappa shape index (κ1) is 36.7. The monoisotopic (exact) mass is 669 g/mol. The highest BCUT2D eigenvalue weighted by atomic mass is 31.2. The van der Waals surface area contributed by atoms with Crippen LogP contribution in [0.4, 0.5) is 15.3 Å². The van der Waals surface area contributed by atoms with Crippen LogP contribution in [0.5, 0.6) is 11.5 Å². The topological polar surface area (TPSA) is 179 Å². The first-order valence-corrected chi connectivity index (χ1v) is 16.4. The average molecular weight is 670 g/mol. The normalized spacial score (nSPS) is 11.8. The van der Waals surface area contributed by atoms with Crippen LogP contribution in [0.25, 0.3) is 10.4 Å². The van der Waals surface area contributed by atoms with Gasteiger partial charge in [0.1, 0.15) is 23.7 Å². The van der Waals surface area contributed by atoms with Crippen LogP contribution in [-0.2, 0) is 29.9 Å². The van der Waals surface area contributed by atoms with Crippen LogP contribution in [0.1, 0.15) is 26.3 Å². The third kappa shape index (κ3) is 14.5. The maximum Gasteiger partial charge on any atom is 0.453 e. The summed E-state index contributed by atoms with van der Waals surface area (Å²) in [6, 6.07) is 23.7. The van der Waals surface area contributed by atoms with Crippen molar-refractivity contribution < 1.29 is 42.1 Å². The van der Waals surface area contributed by atoms with Crippen molar-refractivity contribution in [3.63, 3.8) is 0 Å². The second-order valence-electron chi connectivity index (χ2n) is 10.9. The molecule has 0 saturated carbocycles. The van der Waals surface area contributed by atoms with Crippen molar-refractivity contribution in [1.82, 2.24) is 5.32 Å². The lowest BCUT2D eigenvalue weighted by Gasteiger charge is -2.28. The lowest BCUT2D eigenvalue weighted by atomic mass is 10.1. The Labute approximate surface area is 273 Å². The third-order valence-electron chi connectivity index (χ3n) is 5.88. The number of hydrogen-bond acceptors (Lipinski definition) is 10. The molecule has 0 saturated heterocycles. The summed E-state index contributed by atoms with van der Waals surface area (Å²) in [7, 11) is -4.20. The highest BCUT2D eigenvalue weighted by Gasteiger charge is 2.41. The van der Waals surface area contributed by atoms with Gasteiger partial charge in [-0.2, -0.15) is 0 Å². The number of rotatable bonds is 18. The van der Waals surface area contributed by atoms with Gasteiger partial charge in [0.2, 0.25) is 0 Å². The number of hydrogen-bond donors (Lipinski definition) is 2. The molecular formula is C32H40N5O9P. The minimum absolute atomic E-state index is 0.0163. The number of nitrogens with zero attached hydrogens (tertiary/aromatic N) is 3. The van der Waals surface area contributed by atoms with E-state index in [2.05, 4.69) is 20.7 Å². The van der Waals surface area contributed by atoms with Gasteiger partial charge in [0.05, 0.1) is 26.4 Å². The van der Waals surface area contributed by atoms with Crippen LogP contribution in [0.15, 0.2) is 90.0 Å². The second kappa shape index (κ2) is 19.0. The van der Waals surface area contributed by atoms with Gasteiger partial charge >= 0.3 is 19.8 Å². The molecule has 0 heterocycles. The molecule has 0 aliphatic rings. The van der Waals surface area contributed by atoms with E-state index in [-0.39, 0.29) is 57.5 Å². The lowest BCUT2D eigenvalue weighted by molar-refractivity contribution is 0.0299. The molecule has 0 aliphatic carbocycles. The molecule has 0 aromatic heterocycles. The Bertz CT molecular complexity index is 1440. The number of nitrogens with one attached hydrogen (secondary N) is 2. The van der Waals surface area contributed by atoms with E-state index in [1.807, 2.05) is 0 Å². The summed E-state index contributed by atoms with van der Waals surface area (Å²) in [6.07, 6.45) is -1.45. The van der Waals surface area contributed by atoms with Gasteiger partial charge in [0.15, 0.2) is 5.78 Å². The molecule has 3 aromatic carbocycles. The maximum atomic E-state index is 14.6. The molecule has 3 rings (SSSR count). The summed E-state index contributed by atoms with van der Waals surface area (Å²) >= 11 is 0. The number of carbonyl (C=O) groups excluding carboxylic acids is 2. The van der Waals surface area contributed by atoms with E-state index in [0.717, 1.165) is 0 Å². The summed E-state index contributed by atoms with van der Waals surface area (Å²) < 4.78 is 47.9. The number of azide groups is 1. The van der Waals surface area contributed by atoms with Crippen molar-refractivity contribution in [2.24, 2.45) is 5.11 Å². The van der Waals surface area contributed by atoms with Gasteiger partial charge in [-0.1, -0.05) is 53.6 Å². The zero-order valence-electron chi connectivity index (χ0n) is 26.6. The van der Waals surface area contributed by atoms with Gasteiger partial charge in [-0.3, -0.25) is 5.32 Å². The second-order valence-corrected chi connectivity index (χ2v) is 12.9. The molecule has 0 aliphatic heterocycles. The van der Waals surface area contributed by atoms with Gasteiger partial charge in [0.25, 0.3) is 0 Å². The molecule has 1 atom stereocenters. The zero-order valence-corrected chi connectivity index (χ0v) is 27.5. The number of ether oxygens (including phenoxy) is 4. The summed E-state index contributed by atoms with van der Waals surface area (Å²) in [4.78, 5) is 27.8. The van der Waals surface area contributed by atoms with Crippen LogP contribution >= 0.6 is 7.60 Å². The Morgan fingerprint density at radius 1 is 0.809 bits per heavy atom. The van der Waals surface area contributed by atoms with Crippen molar-refractivity contribution in [3.8, 4) is 11.5 Å². The first-order valence-electron chi connectivity index (χ1n) is 14.8. The van der Waals surface area contributed by atoms with Gasteiger partial charge in [0, 0.05) is 23.6 Å². The molecule has 1 unspecified atom stereocenters. The smallest absolute Gasteiger partial charge is 0.447 e. The van der Waals surface area contributed by atoms with Crippen molar-refractivity contribution in [3.05, 3.63) is 101 Å². The molecule has 47 heavy (non-hydrogen) atoms. The van der Waals surface area contributed by atoms with Crippen molar-refractivity contribution in [2.45, 2.75) is 38.6 Å². The molecule has 2 amide bonds. The number of carbonyl (C=O) groups is 2. The zero-order chi connectivity index (χ0) is 34.0. The highest BCUT2D eigenvalue weighted by molar-refractivity contribution is 7.55. The number of amides is 2. The van der Waals surface area contributed by atoms with Gasteiger partial charge < -0.3 is 33.3 Å². The Kier molecular flexibility index (Phi) is 14.9. The van der Waals surface area contributed by atoms with Crippen molar-refractivity contribution >= 4 is 25.5 Å². The van der Waals surface area contributed by atoms with E-state index < -0.39 is 31.2 Å². The lowest BCUT2D eigenvalue weighted by Crippen LogP contribution is -2.39. The van der Waals surface area contributed by atoms with Crippen LogP contribution in [0, 0.1) is 0 Å². The molecule has 15 heteroatoms. The van der Waals surface area contributed by atoms with E-state index in [0.29, 0.717) is 11.3 Å². The van der Waals surface area contributed by atoms with Gasteiger partial charge in [-0.25, -0.2) is 14.2 Å². The van der Waals surface area contributed by atoms with E-state index in [4.69, 9.17) is 33.5 Å². The summed E-state index contributed by atoms with van der Waals surface area (Å²) in [6.45, 7) is 6.30. The molecule has 0 bridgehead atoms. The van der Waals surface area contributed by atoms with Gasteiger partial charge in [-0.15, -0.1) is 0 Å². The molecule has 0 fully saturated rings. The van der Waals surface area contributed by atoms with Crippen molar-refractivity contribution in [2.75, 3.05) is 44.9 Å². The van der Waals surface area contributed by atoms with Crippen LogP contribution < -0.4 is 19.7 Å². The Morgan fingerprint density at radius 2 is 1.36 bits per heavy atom. The molecule has 3 aromatic rings. The molecule has 0 spiro atoms. The van der Waals surface area contributed by atoms with E-state index in [9.17, 15) is 14.2 Å². The van der Waals surface area contributed by atoms with E-state index >= 15 is 0 Å².